The van der Waals surface area contributed by atoms with Gasteiger partial charge in [-0.05, 0) is 38.6 Å². The molecule has 1 fully saturated rings. The summed E-state index contributed by atoms with van der Waals surface area (Å²) >= 11 is 0. The third-order valence-corrected chi connectivity index (χ3v) is 3.94. The fraction of sp³-hybridized carbons (Fsp3) is 0.533. The van der Waals surface area contributed by atoms with Crippen molar-refractivity contribution >= 4 is 11.6 Å². The molecule has 0 aliphatic carbocycles. The normalized spacial score (nSPS) is 21.3. The van der Waals surface area contributed by atoms with Crippen molar-refractivity contribution in [2.45, 2.75) is 18.9 Å². The lowest BCUT2D eigenvalue weighted by Crippen LogP contribution is -2.46. The molecule has 1 aromatic carbocycles. The highest BCUT2D eigenvalue weighted by molar-refractivity contribution is 5.92. The molecular formula is C15H21N3O3. The van der Waals surface area contributed by atoms with Crippen molar-refractivity contribution in [2.75, 3.05) is 38.8 Å². The van der Waals surface area contributed by atoms with E-state index in [9.17, 15) is 4.79 Å². The maximum atomic E-state index is 12.1. The number of hydrogen-bond acceptors (Lipinski definition) is 5. The molecule has 1 amide bonds. The first-order valence-corrected chi connectivity index (χ1v) is 7.34. The molecule has 2 aliphatic rings. The van der Waals surface area contributed by atoms with E-state index >= 15 is 0 Å². The van der Waals surface area contributed by atoms with E-state index in [0.717, 1.165) is 30.9 Å². The number of hydrogen-bond donors (Lipinski definition) is 2. The summed E-state index contributed by atoms with van der Waals surface area (Å²) in [5.41, 5.74) is 0.742. The molecule has 0 bridgehead atoms. The highest BCUT2D eigenvalue weighted by atomic mass is 16.7. The average Bonchev–Trinajstić information content (AvgIpc) is 2.95. The number of nitrogens with one attached hydrogen (secondary N) is 2. The molecule has 3 rings (SSSR count). The van der Waals surface area contributed by atoms with Crippen molar-refractivity contribution in [3.05, 3.63) is 18.2 Å². The van der Waals surface area contributed by atoms with E-state index in [2.05, 4.69) is 15.5 Å². The number of carbonyl (C=O) groups is 1. The molecule has 114 valence electrons. The molecular weight excluding hydrogens is 270 g/mol. The van der Waals surface area contributed by atoms with Crippen LogP contribution in [0.3, 0.4) is 0 Å². The number of benzene rings is 1. The minimum atomic E-state index is 0.00520. The molecule has 0 aromatic heterocycles. The first kappa shape index (κ1) is 14.2. The van der Waals surface area contributed by atoms with Crippen LogP contribution in [0.2, 0.25) is 0 Å². The fourth-order valence-electron chi connectivity index (χ4n) is 2.81. The molecule has 1 aromatic rings. The van der Waals surface area contributed by atoms with Crippen molar-refractivity contribution in [3.63, 3.8) is 0 Å². The van der Waals surface area contributed by atoms with Gasteiger partial charge in [0.15, 0.2) is 11.5 Å². The van der Waals surface area contributed by atoms with Gasteiger partial charge in [-0.25, -0.2) is 0 Å². The number of nitrogens with zero attached hydrogens (tertiary/aromatic N) is 1. The zero-order valence-corrected chi connectivity index (χ0v) is 12.2. The SMILES string of the molecule is CNC1CCCN(CC(=O)Nc2ccc3c(c2)OCO3)C1. The van der Waals surface area contributed by atoms with E-state index in [1.54, 1.807) is 6.07 Å². The summed E-state index contributed by atoms with van der Waals surface area (Å²) in [7, 11) is 1.97. The Labute approximate surface area is 124 Å². The number of likely N-dealkylation sites (N-methyl/N-ethyl adjacent to an activating group) is 1. The van der Waals surface area contributed by atoms with E-state index < -0.39 is 0 Å². The highest BCUT2D eigenvalue weighted by Crippen LogP contribution is 2.34. The summed E-state index contributed by atoms with van der Waals surface area (Å²) in [4.78, 5) is 14.3. The van der Waals surface area contributed by atoms with Crippen LogP contribution in [0.4, 0.5) is 5.69 Å². The lowest BCUT2D eigenvalue weighted by atomic mass is 10.1. The van der Waals surface area contributed by atoms with Crippen molar-refractivity contribution in [2.24, 2.45) is 0 Å². The van der Waals surface area contributed by atoms with Crippen LogP contribution in [0.15, 0.2) is 18.2 Å². The van der Waals surface area contributed by atoms with Crippen LogP contribution in [0, 0.1) is 0 Å². The van der Waals surface area contributed by atoms with Crippen LogP contribution in [0.25, 0.3) is 0 Å². The predicted molar refractivity (Wildman–Crippen MR) is 79.7 cm³/mol. The highest BCUT2D eigenvalue weighted by Gasteiger charge is 2.20. The van der Waals surface area contributed by atoms with Crippen LogP contribution in [0.1, 0.15) is 12.8 Å². The van der Waals surface area contributed by atoms with Gasteiger partial charge in [-0.15, -0.1) is 0 Å². The molecule has 0 radical (unpaired) electrons. The molecule has 1 atom stereocenters. The summed E-state index contributed by atoms with van der Waals surface area (Å²) in [5.74, 6) is 1.41. The summed E-state index contributed by atoms with van der Waals surface area (Å²) in [5, 5.41) is 6.20. The number of piperidine rings is 1. The van der Waals surface area contributed by atoms with Gasteiger partial charge in [-0.1, -0.05) is 0 Å². The average molecular weight is 291 g/mol. The van der Waals surface area contributed by atoms with E-state index in [0.29, 0.717) is 18.3 Å². The Morgan fingerprint density at radius 2 is 2.24 bits per heavy atom. The standard InChI is InChI=1S/C15H21N3O3/c1-16-12-3-2-6-18(8-12)9-15(19)17-11-4-5-13-14(7-11)21-10-20-13/h4-5,7,12,16H,2-3,6,8-10H2,1H3,(H,17,19). The monoisotopic (exact) mass is 291 g/mol. The minimum Gasteiger partial charge on any atom is -0.454 e. The van der Waals surface area contributed by atoms with Crippen molar-refractivity contribution in [3.8, 4) is 11.5 Å². The van der Waals surface area contributed by atoms with Crippen molar-refractivity contribution in [1.29, 1.82) is 0 Å². The third-order valence-electron chi connectivity index (χ3n) is 3.94. The number of fused-ring (bicyclic) bond motifs is 1. The maximum Gasteiger partial charge on any atom is 0.238 e. The van der Waals surface area contributed by atoms with Gasteiger partial charge in [0.05, 0.1) is 6.54 Å². The Hall–Kier alpha value is -1.79. The summed E-state index contributed by atoms with van der Waals surface area (Å²) in [6, 6.07) is 5.93. The number of anilines is 1. The van der Waals surface area contributed by atoms with Gasteiger partial charge < -0.3 is 20.1 Å². The Balaban J connectivity index is 1.54. The quantitative estimate of drug-likeness (QED) is 0.868. The van der Waals surface area contributed by atoms with Crippen LogP contribution in [-0.4, -0.2) is 50.3 Å². The molecule has 1 unspecified atom stereocenters. The second-order valence-corrected chi connectivity index (χ2v) is 5.48. The Morgan fingerprint density at radius 1 is 1.38 bits per heavy atom. The van der Waals surface area contributed by atoms with Gasteiger partial charge in [0, 0.05) is 24.3 Å². The van der Waals surface area contributed by atoms with Crippen molar-refractivity contribution in [1.82, 2.24) is 10.2 Å². The molecule has 2 N–H and O–H groups in total. The second kappa shape index (κ2) is 6.32. The molecule has 21 heavy (non-hydrogen) atoms. The van der Waals surface area contributed by atoms with Crippen molar-refractivity contribution < 1.29 is 14.3 Å². The van der Waals surface area contributed by atoms with Gasteiger partial charge in [-0.2, -0.15) is 0 Å². The summed E-state index contributed by atoms with van der Waals surface area (Å²) < 4.78 is 10.6. The van der Waals surface area contributed by atoms with E-state index in [1.165, 1.54) is 6.42 Å². The number of carbonyl (C=O) groups excluding carboxylic acids is 1. The molecule has 1 saturated heterocycles. The zero-order valence-electron chi connectivity index (χ0n) is 12.2. The predicted octanol–water partition coefficient (Wildman–Crippen LogP) is 1.04. The Bertz CT molecular complexity index is 521. The summed E-state index contributed by atoms with van der Waals surface area (Å²) in [6.45, 7) is 2.57. The molecule has 2 aliphatic heterocycles. The van der Waals surface area contributed by atoms with Gasteiger partial charge in [0.1, 0.15) is 0 Å². The zero-order chi connectivity index (χ0) is 14.7. The van der Waals surface area contributed by atoms with Crippen LogP contribution >= 0.6 is 0 Å². The smallest absolute Gasteiger partial charge is 0.238 e. The summed E-state index contributed by atoms with van der Waals surface area (Å²) in [6.07, 6.45) is 2.31. The molecule has 6 heteroatoms. The van der Waals surface area contributed by atoms with Gasteiger partial charge in [0.2, 0.25) is 12.7 Å². The van der Waals surface area contributed by atoms with Crippen LogP contribution in [-0.2, 0) is 4.79 Å². The lowest BCUT2D eigenvalue weighted by Gasteiger charge is -2.31. The van der Waals surface area contributed by atoms with Gasteiger partial charge >= 0.3 is 0 Å². The third kappa shape index (κ3) is 3.46. The first-order valence-electron chi connectivity index (χ1n) is 7.34. The van der Waals surface area contributed by atoms with Crippen LogP contribution in [0.5, 0.6) is 11.5 Å². The molecule has 0 saturated carbocycles. The van der Waals surface area contributed by atoms with Gasteiger partial charge in [0.25, 0.3) is 0 Å². The lowest BCUT2D eigenvalue weighted by molar-refractivity contribution is -0.117. The molecule has 2 heterocycles. The number of likely N-dealkylation sites (tertiary alicyclic amines) is 1. The van der Waals surface area contributed by atoms with E-state index in [4.69, 9.17) is 9.47 Å². The number of ether oxygens (including phenoxy) is 2. The largest absolute Gasteiger partial charge is 0.454 e. The number of amides is 1. The van der Waals surface area contributed by atoms with Crippen LogP contribution < -0.4 is 20.1 Å². The number of rotatable bonds is 4. The molecule has 6 nitrogen and oxygen atoms in total. The Morgan fingerprint density at radius 3 is 3.10 bits per heavy atom. The van der Waals surface area contributed by atoms with E-state index in [1.807, 2.05) is 19.2 Å². The fourth-order valence-corrected chi connectivity index (χ4v) is 2.81. The maximum absolute atomic E-state index is 12.1. The van der Waals surface area contributed by atoms with E-state index in [-0.39, 0.29) is 12.7 Å². The second-order valence-electron chi connectivity index (χ2n) is 5.48. The minimum absolute atomic E-state index is 0.00520. The molecule has 0 spiro atoms. The Kier molecular flexibility index (Phi) is 4.26. The van der Waals surface area contributed by atoms with Gasteiger partial charge in [-0.3, -0.25) is 9.69 Å². The topological polar surface area (TPSA) is 62.8 Å². The first-order chi connectivity index (χ1) is 10.2.